The maximum absolute atomic E-state index is 11.8. The average Bonchev–Trinajstić information content (AvgIpc) is 3.32. The van der Waals surface area contributed by atoms with Crippen LogP contribution in [0.25, 0.3) is 33.8 Å². The number of aromatic nitrogens is 4. The molecule has 4 rings (SSSR count). The number of carbonyl (C=O) groups excluding carboxylic acids is 1. The van der Waals surface area contributed by atoms with E-state index in [1.54, 1.807) is 37.1 Å². The summed E-state index contributed by atoms with van der Waals surface area (Å²) in [6.07, 6.45) is 0. The van der Waals surface area contributed by atoms with Crippen LogP contribution in [0.5, 0.6) is 11.5 Å². The summed E-state index contributed by atoms with van der Waals surface area (Å²) in [4.78, 5) is 19.7. The number of imidazole rings is 1. The maximum atomic E-state index is 11.8. The van der Waals surface area contributed by atoms with Crippen LogP contribution in [0.3, 0.4) is 0 Å². The SMILES string of the molecule is COC(=O)c1ccc2nc(-c3c(OC)c(-c4ccccc4OC)nn3C)[nH]c2c1. The number of nitrogens with one attached hydrogen (secondary N) is 1. The van der Waals surface area contributed by atoms with Gasteiger partial charge in [0.05, 0.1) is 37.9 Å². The molecule has 29 heavy (non-hydrogen) atoms. The molecule has 0 aliphatic heterocycles. The van der Waals surface area contributed by atoms with Crippen molar-refractivity contribution in [2.75, 3.05) is 21.3 Å². The molecule has 0 unspecified atom stereocenters. The number of benzene rings is 2. The summed E-state index contributed by atoms with van der Waals surface area (Å²) >= 11 is 0. The van der Waals surface area contributed by atoms with E-state index >= 15 is 0 Å². The van der Waals surface area contributed by atoms with Crippen LogP contribution < -0.4 is 9.47 Å². The molecule has 0 bridgehead atoms. The molecule has 2 aromatic heterocycles. The molecule has 2 heterocycles. The van der Waals surface area contributed by atoms with Crippen molar-refractivity contribution in [1.29, 1.82) is 0 Å². The summed E-state index contributed by atoms with van der Waals surface area (Å²) in [5.74, 6) is 1.45. The first-order valence-corrected chi connectivity index (χ1v) is 8.90. The largest absolute Gasteiger partial charge is 0.496 e. The topological polar surface area (TPSA) is 91.3 Å². The first kappa shape index (κ1) is 18.5. The molecule has 0 radical (unpaired) electrons. The van der Waals surface area contributed by atoms with Gasteiger partial charge in [0.25, 0.3) is 0 Å². The highest BCUT2D eigenvalue weighted by molar-refractivity contribution is 5.94. The minimum absolute atomic E-state index is 0.403. The number of hydrogen-bond donors (Lipinski definition) is 1. The zero-order chi connectivity index (χ0) is 20.5. The molecule has 8 heteroatoms. The molecule has 148 valence electrons. The van der Waals surface area contributed by atoms with Crippen LogP contribution in [0.15, 0.2) is 42.5 Å². The predicted molar refractivity (Wildman–Crippen MR) is 108 cm³/mol. The Hall–Kier alpha value is -3.81. The molecule has 0 fully saturated rings. The Kier molecular flexibility index (Phi) is 4.67. The van der Waals surface area contributed by atoms with Crippen molar-refractivity contribution in [3.8, 4) is 34.3 Å². The van der Waals surface area contributed by atoms with Crippen LogP contribution in [-0.4, -0.2) is 47.0 Å². The number of aromatic amines is 1. The molecule has 4 aromatic rings. The minimum atomic E-state index is -0.403. The number of fused-ring (bicyclic) bond motifs is 1. The van der Waals surface area contributed by atoms with Gasteiger partial charge in [0.15, 0.2) is 11.6 Å². The fourth-order valence-corrected chi connectivity index (χ4v) is 3.34. The molecule has 0 aliphatic rings. The van der Waals surface area contributed by atoms with Crippen molar-refractivity contribution in [1.82, 2.24) is 19.7 Å². The number of rotatable bonds is 5. The van der Waals surface area contributed by atoms with Crippen molar-refractivity contribution >= 4 is 17.0 Å². The lowest BCUT2D eigenvalue weighted by atomic mass is 10.1. The van der Waals surface area contributed by atoms with Crippen LogP contribution in [-0.2, 0) is 11.8 Å². The molecule has 2 aromatic carbocycles. The number of esters is 1. The predicted octanol–water partition coefficient (Wildman–Crippen LogP) is 3.43. The second-order valence-electron chi connectivity index (χ2n) is 6.36. The van der Waals surface area contributed by atoms with Gasteiger partial charge in [0, 0.05) is 12.6 Å². The van der Waals surface area contributed by atoms with E-state index in [1.165, 1.54) is 7.11 Å². The van der Waals surface area contributed by atoms with Crippen LogP contribution in [0.2, 0.25) is 0 Å². The lowest BCUT2D eigenvalue weighted by Gasteiger charge is -2.07. The summed E-state index contributed by atoms with van der Waals surface area (Å²) in [7, 11) is 6.39. The molecule has 0 saturated heterocycles. The molecule has 8 nitrogen and oxygen atoms in total. The third kappa shape index (κ3) is 3.08. The van der Waals surface area contributed by atoms with Crippen LogP contribution in [0.1, 0.15) is 10.4 Å². The van der Waals surface area contributed by atoms with E-state index in [-0.39, 0.29) is 0 Å². The highest BCUT2D eigenvalue weighted by Crippen LogP contribution is 2.41. The number of ether oxygens (including phenoxy) is 3. The van der Waals surface area contributed by atoms with Crippen LogP contribution in [0, 0.1) is 0 Å². The number of H-pyrrole nitrogens is 1. The highest BCUT2D eigenvalue weighted by atomic mass is 16.5. The second-order valence-corrected chi connectivity index (χ2v) is 6.36. The van der Waals surface area contributed by atoms with E-state index < -0.39 is 5.97 Å². The zero-order valence-corrected chi connectivity index (χ0v) is 16.5. The summed E-state index contributed by atoms with van der Waals surface area (Å²) in [6, 6.07) is 12.8. The Morgan fingerprint density at radius 3 is 2.59 bits per heavy atom. The Morgan fingerprint density at radius 2 is 1.86 bits per heavy atom. The van der Waals surface area contributed by atoms with Gasteiger partial charge >= 0.3 is 5.97 Å². The van der Waals surface area contributed by atoms with Gasteiger partial charge in [-0.25, -0.2) is 9.78 Å². The van der Waals surface area contributed by atoms with Crippen LogP contribution >= 0.6 is 0 Å². The first-order valence-electron chi connectivity index (χ1n) is 8.90. The number of carbonyl (C=O) groups is 1. The number of hydrogen-bond acceptors (Lipinski definition) is 6. The first-order chi connectivity index (χ1) is 14.1. The number of nitrogens with zero attached hydrogens (tertiary/aromatic N) is 3. The van der Waals surface area contributed by atoms with Crippen LogP contribution in [0.4, 0.5) is 0 Å². The Labute approximate surface area is 167 Å². The van der Waals surface area contributed by atoms with Crippen molar-refractivity contribution in [2.45, 2.75) is 0 Å². The summed E-state index contributed by atoms with van der Waals surface area (Å²) in [5.41, 5.74) is 4.03. The molecule has 0 amide bonds. The van der Waals surface area contributed by atoms with Gasteiger partial charge in [0.1, 0.15) is 17.1 Å². The summed E-state index contributed by atoms with van der Waals surface area (Å²) < 4.78 is 17.7. The van der Waals surface area contributed by atoms with Gasteiger partial charge in [-0.1, -0.05) is 12.1 Å². The van der Waals surface area contributed by atoms with Gasteiger partial charge in [-0.15, -0.1) is 0 Å². The molecular formula is C21H20N4O4. The van der Waals surface area contributed by atoms with E-state index in [9.17, 15) is 4.79 Å². The molecule has 1 N–H and O–H groups in total. The van der Waals surface area contributed by atoms with Crippen molar-refractivity contribution in [2.24, 2.45) is 7.05 Å². The van der Waals surface area contributed by atoms with Gasteiger partial charge in [0.2, 0.25) is 0 Å². The fourth-order valence-electron chi connectivity index (χ4n) is 3.34. The monoisotopic (exact) mass is 392 g/mol. The molecule has 0 spiro atoms. The Balaban J connectivity index is 1.87. The summed E-state index contributed by atoms with van der Waals surface area (Å²) in [5, 5.41) is 4.64. The van der Waals surface area contributed by atoms with E-state index in [1.807, 2.05) is 31.3 Å². The second kappa shape index (κ2) is 7.31. The van der Waals surface area contributed by atoms with Gasteiger partial charge in [-0.05, 0) is 30.3 Å². The van der Waals surface area contributed by atoms with Gasteiger partial charge in [-0.2, -0.15) is 5.10 Å². The molecule has 0 atom stereocenters. The minimum Gasteiger partial charge on any atom is -0.496 e. The number of methoxy groups -OCH3 is 3. The smallest absolute Gasteiger partial charge is 0.337 e. The van der Waals surface area contributed by atoms with E-state index in [2.05, 4.69) is 15.1 Å². The molecule has 0 aliphatic carbocycles. The van der Waals surface area contributed by atoms with Gasteiger partial charge in [-0.3, -0.25) is 4.68 Å². The Bertz CT molecular complexity index is 1210. The van der Waals surface area contributed by atoms with E-state index in [4.69, 9.17) is 14.2 Å². The van der Waals surface area contributed by atoms with E-state index in [0.29, 0.717) is 39.8 Å². The normalized spacial score (nSPS) is 10.9. The van der Waals surface area contributed by atoms with Gasteiger partial charge < -0.3 is 19.2 Å². The molecular weight excluding hydrogens is 372 g/mol. The number of para-hydroxylation sites is 1. The molecule has 0 saturated carbocycles. The van der Waals surface area contributed by atoms with Crippen molar-refractivity contribution in [3.63, 3.8) is 0 Å². The maximum Gasteiger partial charge on any atom is 0.337 e. The lowest BCUT2D eigenvalue weighted by molar-refractivity contribution is 0.0601. The summed E-state index contributed by atoms with van der Waals surface area (Å²) in [6.45, 7) is 0. The quantitative estimate of drug-likeness (QED) is 0.523. The fraction of sp³-hybridized carbons (Fsp3) is 0.190. The standard InChI is InChI=1S/C21H20N4O4/c1-25-18(19(28-3)17(24-25)13-7-5-6-8-16(13)27-2)20-22-14-10-9-12(21(26)29-4)11-15(14)23-20/h5-11H,1-4H3,(H,22,23). The highest BCUT2D eigenvalue weighted by Gasteiger charge is 2.24. The van der Waals surface area contributed by atoms with Crippen molar-refractivity contribution < 1.29 is 19.0 Å². The van der Waals surface area contributed by atoms with E-state index in [0.717, 1.165) is 11.1 Å². The lowest BCUT2D eigenvalue weighted by Crippen LogP contribution is -2.00. The average molecular weight is 392 g/mol. The third-order valence-corrected chi connectivity index (χ3v) is 4.70. The number of aryl methyl sites for hydroxylation is 1. The van der Waals surface area contributed by atoms with Crippen molar-refractivity contribution in [3.05, 3.63) is 48.0 Å². The zero-order valence-electron chi connectivity index (χ0n) is 16.5. The Morgan fingerprint density at radius 1 is 1.07 bits per heavy atom. The third-order valence-electron chi connectivity index (χ3n) is 4.70.